The molecule has 1 atom stereocenters. The number of carbonyl (C=O) groups is 1. The van der Waals surface area contributed by atoms with Crippen molar-refractivity contribution in [2.75, 3.05) is 17.9 Å². The second-order valence-corrected chi connectivity index (χ2v) is 12.8. The zero-order valence-electron chi connectivity index (χ0n) is 24.3. The second kappa shape index (κ2) is 12.0. The maximum absolute atomic E-state index is 15.6. The van der Waals surface area contributed by atoms with Gasteiger partial charge in [0.25, 0.3) is 0 Å². The van der Waals surface area contributed by atoms with Crippen molar-refractivity contribution in [1.82, 2.24) is 9.97 Å². The van der Waals surface area contributed by atoms with Gasteiger partial charge in [-0.15, -0.1) is 0 Å². The van der Waals surface area contributed by atoms with E-state index in [4.69, 9.17) is 14.2 Å². The number of benzene rings is 3. The highest BCUT2D eigenvalue weighted by Crippen LogP contribution is 2.31. The molecule has 2 aromatic heterocycles. The van der Waals surface area contributed by atoms with Crippen LogP contribution in [0.2, 0.25) is 0 Å². The van der Waals surface area contributed by atoms with Crippen LogP contribution in [0.3, 0.4) is 0 Å². The third-order valence-electron chi connectivity index (χ3n) is 7.25. The van der Waals surface area contributed by atoms with Crippen molar-refractivity contribution < 1.29 is 36.2 Å². The number of H-pyrrole nitrogens is 1. The zero-order valence-corrected chi connectivity index (χ0v) is 25.2. The van der Waals surface area contributed by atoms with E-state index in [1.54, 1.807) is 54.7 Å². The molecule has 1 aliphatic rings. The highest BCUT2D eigenvalue weighted by Gasteiger charge is 2.33. The lowest BCUT2D eigenvalue weighted by atomic mass is 10.00. The van der Waals surface area contributed by atoms with Crippen LogP contribution in [0.25, 0.3) is 22.2 Å². The predicted molar refractivity (Wildman–Crippen MR) is 164 cm³/mol. The number of ether oxygens (including phenoxy) is 3. The summed E-state index contributed by atoms with van der Waals surface area (Å²) in [6, 6.07) is 19.0. The minimum atomic E-state index is -4.07. The van der Waals surface area contributed by atoms with E-state index < -0.39 is 50.2 Å². The first-order chi connectivity index (χ1) is 21.5. The first-order valence-corrected chi connectivity index (χ1v) is 15.7. The lowest BCUT2D eigenvalue weighted by molar-refractivity contribution is -0.141. The van der Waals surface area contributed by atoms with Gasteiger partial charge in [-0.05, 0) is 55.3 Å². The number of nitrogens with one attached hydrogen (secondary N) is 2. The Kier molecular flexibility index (Phi) is 8.12. The van der Waals surface area contributed by atoms with E-state index in [1.165, 1.54) is 6.20 Å². The molecule has 3 aromatic carbocycles. The third kappa shape index (κ3) is 6.72. The Bertz CT molecular complexity index is 1980. The van der Waals surface area contributed by atoms with E-state index in [0.717, 1.165) is 17.7 Å². The molecule has 9 nitrogen and oxygen atoms in total. The fourth-order valence-corrected chi connectivity index (χ4v) is 6.29. The Labute approximate surface area is 258 Å². The van der Waals surface area contributed by atoms with Crippen LogP contribution in [-0.4, -0.2) is 49.3 Å². The molecule has 45 heavy (non-hydrogen) atoms. The lowest BCUT2D eigenvalue weighted by Gasteiger charge is -2.17. The minimum Gasteiger partial charge on any atom is -0.491 e. The molecule has 1 saturated heterocycles. The molecule has 0 saturated carbocycles. The van der Waals surface area contributed by atoms with Crippen LogP contribution in [-0.2, 0) is 25.2 Å². The molecule has 0 spiro atoms. The molecular weight excluding hydrogens is 604 g/mol. The molecule has 1 unspecified atom stereocenters. The van der Waals surface area contributed by atoms with E-state index in [-0.39, 0.29) is 11.7 Å². The molecule has 1 aliphatic heterocycles. The Morgan fingerprint density at radius 3 is 2.53 bits per heavy atom. The number of nitrogens with zero attached hydrogens (tertiary/aromatic N) is 1. The van der Waals surface area contributed by atoms with Crippen molar-refractivity contribution in [2.45, 2.75) is 31.5 Å². The van der Waals surface area contributed by atoms with Crippen molar-refractivity contribution in [3.8, 4) is 16.9 Å². The predicted octanol–water partition coefficient (Wildman–Crippen LogP) is 6.21. The van der Waals surface area contributed by atoms with Crippen molar-refractivity contribution in [1.29, 1.82) is 0 Å². The summed E-state index contributed by atoms with van der Waals surface area (Å²) in [5.74, 6) is -3.85. The highest BCUT2D eigenvalue weighted by atomic mass is 32.2. The highest BCUT2D eigenvalue weighted by molar-refractivity contribution is 7.91. The molecule has 6 rings (SSSR count). The number of carbonyl (C=O) groups excluding carboxylic acids is 1. The van der Waals surface area contributed by atoms with Crippen LogP contribution in [0, 0.1) is 11.6 Å². The van der Waals surface area contributed by atoms with Crippen molar-refractivity contribution >= 4 is 32.5 Å². The topological polar surface area (TPSA) is 120 Å². The average Bonchev–Trinajstić information content (AvgIpc) is 3.60. The summed E-state index contributed by atoms with van der Waals surface area (Å²) < 4.78 is 75.3. The van der Waals surface area contributed by atoms with Gasteiger partial charge >= 0.3 is 0 Å². The number of rotatable bonds is 10. The maximum atomic E-state index is 15.6. The summed E-state index contributed by atoms with van der Waals surface area (Å²) >= 11 is 0. The van der Waals surface area contributed by atoms with Crippen LogP contribution in [0.4, 0.5) is 14.5 Å². The molecule has 2 N–H and O–H groups in total. The minimum absolute atomic E-state index is 0.0249. The number of hydrogen-bond donors (Lipinski definition) is 2. The summed E-state index contributed by atoms with van der Waals surface area (Å²) in [6.45, 7) is 4.46. The third-order valence-corrected chi connectivity index (χ3v) is 8.49. The van der Waals surface area contributed by atoms with E-state index in [1.807, 2.05) is 26.0 Å². The number of pyridine rings is 1. The molecule has 3 heterocycles. The van der Waals surface area contributed by atoms with E-state index in [2.05, 4.69) is 14.7 Å². The summed E-state index contributed by atoms with van der Waals surface area (Å²) in [4.78, 5) is 20.8. The van der Waals surface area contributed by atoms with Gasteiger partial charge in [0.2, 0.25) is 15.8 Å². The number of halogens is 2. The fourth-order valence-electron chi connectivity index (χ4n) is 5.10. The number of hydrogen-bond acceptors (Lipinski definition) is 7. The Hall–Kier alpha value is -4.65. The van der Waals surface area contributed by atoms with Crippen LogP contribution < -0.4 is 9.46 Å². The molecular formula is C33H29F2N3O6S. The van der Waals surface area contributed by atoms with E-state index >= 15 is 4.39 Å². The van der Waals surface area contributed by atoms with E-state index in [9.17, 15) is 17.6 Å². The number of aromatic nitrogens is 2. The van der Waals surface area contributed by atoms with E-state index in [0.29, 0.717) is 41.1 Å². The fraction of sp³-hybridized carbons (Fsp3) is 0.212. The Morgan fingerprint density at radius 2 is 1.82 bits per heavy atom. The number of sulfonamides is 1. The number of anilines is 1. The van der Waals surface area contributed by atoms with Gasteiger partial charge in [0.15, 0.2) is 11.6 Å². The quantitative estimate of drug-likeness (QED) is 0.176. The molecule has 0 bridgehead atoms. The second-order valence-electron chi connectivity index (χ2n) is 11.1. The molecule has 5 aromatic rings. The van der Waals surface area contributed by atoms with Crippen molar-refractivity contribution in [3.63, 3.8) is 0 Å². The standard InChI is InChI=1S/C33H29F2N3O6S/c1-33(2)43-18-24(44-33)17-42-23-10-8-21(9-11-23)22-14-25-26(16-37-32(25)36-15-22)31(39)29-27(34)12-13-28(30(29)35)38-45(40,41)19-20-6-4-3-5-7-20/h3-16,24,38H,17-19H2,1-2H3,(H,36,37). The number of fused-ring (bicyclic) bond motifs is 1. The first kappa shape index (κ1) is 30.4. The molecule has 0 aliphatic carbocycles. The Balaban J connectivity index is 1.22. The van der Waals surface area contributed by atoms with Crippen LogP contribution >= 0.6 is 0 Å². The monoisotopic (exact) mass is 633 g/mol. The summed E-state index contributed by atoms with van der Waals surface area (Å²) in [6.07, 6.45) is 2.75. The molecule has 0 amide bonds. The lowest BCUT2D eigenvalue weighted by Crippen LogP contribution is -2.25. The van der Waals surface area contributed by atoms with Gasteiger partial charge in [-0.3, -0.25) is 9.52 Å². The summed E-state index contributed by atoms with van der Waals surface area (Å²) in [5.41, 5.74) is 0.791. The molecule has 12 heteroatoms. The van der Waals surface area contributed by atoms with Gasteiger partial charge in [-0.25, -0.2) is 22.2 Å². The SMILES string of the molecule is CC1(C)OCC(COc2ccc(-c3cnc4[nH]cc(C(=O)c5c(F)ccc(NS(=O)(=O)Cc6ccccc6)c5F)c4c3)cc2)O1. The smallest absolute Gasteiger partial charge is 0.237 e. The summed E-state index contributed by atoms with van der Waals surface area (Å²) in [7, 11) is -4.07. The van der Waals surface area contributed by atoms with Crippen molar-refractivity contribution in [3.05, 3.63) is 114 Å². The maximum Gasteiger partial charge on any atom is 0.237 e. The number of aromatic amines is 1. The first-order valence-electron chi connectivity index (χ1n) is 14.1. The van der Waals surface area contributed by atoms with Gasteiger partial charge in [0.1, 0.15) is 29.9 Å². The normalized spacial score (nSPS) is 16.1. The average molecular weight is 634 g/mol. The molecule has 232 valence electrons. The van der Waals surface area contributed by atoms with Crippen LogP contribution in [0.15, 0.2) is 85.2 Å². The zero-order chi connectivity index (χ0) is 31.8. The largest absolute Gasteiger partial charge is 0.491 e. The summed E-state index contributed by atoms with van der Waals surface area (Å²) in [5, 5.41) is 0.340. The van der Waals surface area contributed by atoms with Gasteiger partial charge in [0, 0.05) is 28.9 Å². The molecule has 1 fully saturated rings. The Morgan fingerprint density at radius 1 is 1.07 bits per heavy atom. The van der Waals surface area contributed by atoms with Crippen molar-refractivity contribution in [2.24, 2.45) is 0 Å². The van der Waals surface area contributed by atoms with Crippen LogP contribution in [0.1, 0.15) is 35.3 Å². The number of ketones is 1. The van der Waals surface area contributed by atoms with Gasteiger partial charge in [0.05, 0.1) is 23.6 Å². The van der Waals surface area contributed by atoms with Gasteiger partial charge in [-0.2, -0.15) is 0 Å². The van der Waals surface area contributed by atoms with Gasteiger partial charge < -0.3 is 19.2 Å². The molecule has 0 radical (unpaired) electrons. The van der Waals surface area contributed by atoms with Gasteiger partial charge in [-0.1, -0.05) is 42.5 Å². The van der Waals surface area contributed by atoms with Crippen LogP contribution in [0.5, 0.6) is 5.75 Å².